The van der Waals surface area contributed by atoms with Crippen molar-refractivity contribution in [3.63, 3.8) is 0 Å². The predicted molar refractivity (Wildman–Crippen MR) is 71.5 cm³/mol. The van der Waals surface area contributed by atoms with Gasteiger partial charge in [0.05, 0.1) is 19.3 Å². The fraction of sp³-hybridized carbons (Fsp3) is 0.929. The molecule has 1 N–H and O–H groups in total. The van der Waals surface area contributed by atoms with E-state index in [2.05, 4.69) is 5.32 Å². The summed E-state index contributed by atoms with van der Waals surface area (Å²) >= 11 is 0. The maximum Gasteiger partial charge on any atom is 0.325 e. The van der Waals surface area contributed by atoms with Crippen molar-refractivity contribution in [3.05, 3.63) is 0 Å². The van der Waals surface area contributed by atoms with Crippen molar-refractivity contribution >= 4 is 5.97 Å². The van der Waals surface area contributed by atoms with Crippen LogP contribution in [0.5, 0.6) is 0 Å². The Morgan fingerprint density at radius 2 is 1.94 bits per heavy atom. The Kier molecular flexibility index (Phi) is 7.28. The van der Waals surface area contributed by atoms with E-state index < -0.39 is 0 Å². The number of carbonyl (C=O) groups is 1. The van der Waals surface area contributed by atoms with E-state index in [4.69, 9.17) is 9.47 Å². The molecule has 106 valence electrons. The standard InChI is InChI=1S/C14H27NO3/c1-4-17-14(16)13(15-11(2)3)10-18-12-8-6-5-7-9-12/h11-13,15H,4-10H2,1-3H3. The van der Waals surface area contributed by atoms with E-state index in [9.17, 15) is 4.79 Å². The zero-order valence-electron chi connectivity index (χ0n) is 11.9. The largest absolute Gasteiger partial charge is 0.465 e. The van der Waals surface area contributed by atoms with E-state index in [0.29, 0.717) is 19.3 Å². The molecule has 1 aliphatic rings. The van der Waals surface area contributed by atoms with E-state index in [0.717, 1.165) is 12.8 Å². The van der Waals surface area contributed by atoms with Gasteiger partial charge in [0.25, 0.3) is 0 Å². The maximum atomic E-state index is 11.8. The fourth-order valence-electron chi connectivity index (χ4n) is 2.29. The number of ether oxygens (including phenoxy) is 2. The maximum absolute atomic E-state index is 11.8. The van der Waals surface area contributed by atoms with Crippen LogP contribution >= 0.6 is 0 Å². The van der Waals surface area contributed by atoms with Crippen LogP contribution in [0.25, 0.3) is 0 Å². The molecule has 18 heavy (non-hydrogen) atoms. The summed E-state index contributed by atoms with van der Waals surface area (Å²) in [5.41, 5.74) is 0. The van der Waals surface area contributed by atoms with Gasteiger partial charge >= 0.3 is 5.97 Å². The van der Waals surface area contributed by atoms with Crippen LogP contribution in [0.4, 0.5) is 0 Å². The van der Waals surface area contributed by atoms with E-state index in [1.807, 2.05) is 20.8 Å². The SMILES string of the molecule is CCOC(=O)C(COC1CCCCC1)NC(C)C. The molecule has 0 aliphatic heterocycles. The van der Waals surface area contributed by atoms with E-state index in [1.165, 1.54) is 19.3 Å². The summed E-state index contributed by atoms with van der Waals surface area (Å²) in [4.78, 5) is 11.8. The van der Waals surface area contributed by atoms with Gasteiger partial charge in [0.15, 0.2) is 0 Å². The smallest absolute Gasteiger partial charge is 0.325 e. The van der Waals surface area contributed by atoms with Crippen LogP contribution in [0, 0.1) is 0 Å². The number of nitrogens with one attached hydrogen (secondary N) is 1. The fourth-order valence-corrected chi connectivity index (χ4v) is 2.29. The zero-order chi connectivity index (χ0) is 13.4. The molecule has 0 aromatic rings. The van der Waals surface area contributed by atoms with Gasteiger partial charge in [-0.3, -0.25) is 4.79 Å². The Labute approximate surface area is 110 Å². The van der Waals surface area contributed by atoms with Crippen molar-refractivity contribution in [2.75, 3.05) is 13.2 Å². The molecular weight excluding hydrogens is 230 g/mol. The van der Waals surface area contributed by atoms with Crippen LogP contribution < -0.4 is 5.32 Å². The number of rotatable bonds is 7. The van der Waals surface area contributed by atoms with Crippen LogP contribution in [0.1, 0.15) is 52.9 Å². The second-order valence-corrected chi connectivity index (χ2v) is 5.22. The minimum absolute atomic E-state index is 0.206. The van der Waals surface area contributed by atoms with Crippen molar-refractivity contribution in [2.45, 2.75) is 71.1 Å². The first kappa shape index (κ1) is 15.4. The highest BCUT2D eigenvalue weighted by atomic mass is 16.5. The van der Waals surface area contributed by atoms with E-state index >= 15 is 0 Å². The lowest BCUT2D eigenvalue weighted by Gasteiger charge is -2.25. The molecule has 0 heterocycles. The summed E-state index contributed by atoms with van der Waals surface area (Å²) in [6.07, 6.45) is 6.36. The van der Waals surface area contributed by atoms with Crippen LogP contribution in [-0.4, -0.2) is 37.4 Å². The number of hydrogen-bond acceptors (Lipinski definition) is 4. The zero-order valence-corrected chi connectivity index (χ0v) is 11.9. The lowest BCUT2D eigenvalue weighted by molar-refractivity contribution is -0.148. The molecule has 0 saturated heterocycles. The summed E-state index contributed by atoms with van der Waals surface area (Å²) in [5, 5.41) is 3.20. The molecule has 1 saturated carbocycles. The van der Waals surface area contributed by atoms with Crippen molar-refractivity contribution in [1.82, 2.24) is 5.32 Å². The molecule has 0 spiro atoms. The van der Waals surface area contributed by atoms with Gasteiger partial charge in [-0.25, -0.2) is 0 Å². The number of carbonyl (C=O) groups excluding carboxylic acids is 1. The third kappa shape index (κ3) is 5.83. The lowest BCUT2D eigenvalue weighted by Crippen LogP contribution is -2.45. The van der Waals surface area contributed by atoms with Gasteiger partial charge in [0.2, 0.25) is 0 Å². The van der Waals surface area contributed by atoms with Gasteiger partial charge < -0.3 is 14.8 Å². The van der Waals surface area contributed by atoms with Crippen molar-refractivity contribution in [3.8, 4) is 0 Å². The van der Waals surface area contributed by atoms with E-state index in [1.54, 1.807) is 0 Å². The van der Waals surface area contributed by atoms with Gasteiger partial charge in [-0.2, -0.15) is 0 Å². The Morgan fingerprint density at radius 3 is 2.50 bits per heavy atom. The molecule has 1 aliphatic carbocycles. The summed E-state index contributed by atoms with van der Waals surface area (Å²) in [7, 11) is 0. The minimum atomic E-state index is -0.341. The Balaban J connectivity index is 2.36. The summed E-state index contributed by atoms with van der Waals surface area (Å²) in [6, 6.07) is -0.0961. The number of esters is 1. The molecule has 1 unspecified atom stereocenters. The Bertz CT molecular complexity index is 237. The molecule has 4 nitrogen and oxygen atoms in total. The molecule has 0 aromatic carbocycles. The molecule has 1 rings (SSSR count). The average Bonchev–Trinajstić information content (AvgIpc) is 2.35. The molecule has 1 fully saturated rings. The normalized spacial score (nSPS) is 18.9. The summed E-state index contributed by atoms with van der Waals surface area (Å²) in [6.45, 7) is 6.70. The van der Waals surface area contributed by atoms with Gasteiger partial charge in [-0.15, -0.1) is 0 Å². The third-order valence-electron chi connectivity index (χ3n) is 3.16. The topological polar surface area (TPSA) is 47.6 Å². The highest BCUT2D eigenvalue weighted by molar-refractivity contribution is 5.75. The molecule has 0 amide bonds. The van der Waals surface area contributed by atoms with Gasteiger partial charge in [0, 0.05) is 6.04 Å². The van der Waals surface area contributed by atoms with Crippen molar-refractivity contribution in [1.29, 1.82) is 0 Å². The quantitative estimate of drug-likeness (QED) is 0.711. The highest BCUT2D eigenvalue weighted by Gasteiger charge is 2.23. The monoisotopic (exact) mass is 257 g/mol. The lowest BCUT2D eigenvalue weighted by atomic mass is 9.98. The van der Waals surface area contributed by atoms with Crippen LogP contribution in [0.15, 0.2) is 0 Å². The minimum Gasteiger partial charge on any atom is -0.465 e. The number of hydrogen-bond donors (Lipinski definition) is 1. The van der Waals surface area contributed by atoms with Crippen molar-refractivity contribution in [2.24, 2.45) is 0 Å². The first-order valence-corrected chi connectivity index (χ1v) is 7.17. The van der Waals surface area contributed by atoms with Crippen molar-refractivity contribution < 1.29 is 14.3 Å². The molecule has 0 radical (unpaired) electrons. The van der Waals surface area contributed by atoms with Crippen LogP contribution in [0.3, 0.4) is 0 Å². The average molecular weight is 257 g/mol. The molecule has 4 heteroatoms. The Hall–Kier alpha value is -0.610. The predicted octanol–water partition coefficient (Wildman–Crippen LogP) is 2.27. The molecule has 0 bridgehead atoms. The second kappa shape index (κ2) is 8.48. The summed E-state index contributed by atoms with van der Waals surface area (Å²) < 4.78 is 10.9. The van der Waals surface area contributed by atoms with Gasteiger partial charge in [0.1, 0.15) is 6.04 Å². The first-order valence-electron chi connectivity index (χ1n) is 7.17. The highest BCUT2D eigenvalue weighted by Crippen LogP contribution is 2.20. The van der Waals surface area contributed by atoms with E-state index in [-0.39, 0.29) is 18.1 Å². The van der Waals surface area contributed by atoms with Crippen LogP contribution in [-0.2, 0) is 14.3 Å². The van der Waals surface area contributed by atoms with Crippen LogP contribution in [0.2, 0.25) is 0 Å². The molecule has 0 aromatic heterocycles. The first-order chi connectivity index (χ1) is 8.63. The summed E-state index contributed by atoms with van der Waals surface area (Å²) in [5.74, 6) is -0.206. The van der Waals surface area contributed by atoms with Gasteiger partial charge in [-0.05, 0) is 19.8 Å². The Morgan fingerprint density at radius 1 is 1.28 bits per heavy atom. The van der Waals surface area contributed by atoms with Gasteiger partial charge in [-0.1, -0.05) is 33.1 Å². The second-order valence-electron chi connectivity index (χ2n) is 5.22. The third-order valence-corrected chi connectivity index (χ3v) is 3.16. The molecule has 1 atom stereocenters. The molecular formula is C14H27NO3.